The van der Waals surface area contributed by atoms with E-state index in [1.165, 1.54) is 0 Å². The highest BCUT2D eigenvalue weighted by atomic mass is 32.1. The largest absolute Gasteiger partial charge is 0.143 e. The minimum Gasteiger partial charge on any atom is -0.143 e. The summed E-state index contributed by atoms with van der Waals surface area (Å²) in [5, 5.41) is 0. The minimum absolute atomic E-state index is 0.867. The van der Waals surface area contributed by atoms with Gasteiger partial charge < -0.3 is 0 Å². The van der Waals surface area contributed by atoms with Crippen molar-refractivity contribution >= 4 is 37.9 Å². The summed E-state index contributed by atoms with van der Waals surface area (Å²) in [4.78, 5) is 2.67. The van der Waals surface area contributed by atoms with E-state index in [4.69, 9.17) is 0 Å². The maximum atomic E-state index is 4.14. The van der Waals surface area contributed by atoms with Gasteiger partial charge in [-0.05, 0) is 18.2 Å². The predicted molar refractivity (Wildman–Crippen MR) is 48.2 cm³/mol. The van der Waals surface area contributed by atoms with Crippen LogP contribution in [0.4, 0.5) is 0 Å². The first-order valence-corrected chi connectivity index (χ1v) is 3.75. The maximum Gasteiger partial charge on any atom is 0.0185 e. The van der Waals surface area contributed by atoms with Crippen LogP contribution in [-0.2, 0) is 0 Å². The van der Waals surface area contributed by atoms with Crippen molar-refractivity contribution in [3.05, 3.63) is 18.2 Å². The van der Waals surface area contributed by atoms with Crippen LogP contribution in [0.3, 0.4) is 0 Å². The molecule has 0 aromatic heterocycles. The van der Waals surface area contributed by atoms with Crippen molar-refractivity contribution in [3.8, 4) is 0 Å². The predicted octanol–water partition coefficient (Wildman–Crippen LogP) is 2.55. The summed E-state index contributed by atoms with van der Waals surface area (Å²) in [6, 6.07) is 5.60. The van der Waals surface area contributed by atoms with Gasteiger partial charge in [-0.3, -0.25) is 0 Å². The fourth-order valence-electron chi connectivity index (χ4n) is 0.512. The molecule has 0 aliphatic carbocycles. The van der Waals surface area contributed by atoms with Crippen molar-refractivity contribution in [2.75, 3.05) is 0 Å². The molecule has 1 aromatic carbocycles. The van der Waals surface area contributed by atoms with E-state index in [9.17, 15) is 0 Å². The summed E-state index contributed by atoms with van der Waals surface area (Å²) < 4.78 is 0. The van der Waals surface area contributed by atoms with Crippen LogP contribution in [0.15, 0.2) is 32.9 Å². The van der Waals surface area contributed by atoms with E-state index in [1.807, 2.05) is 18.2 Å². The minimum atomic E-state index is 0.867. The number of hydrogen-bond acceptors (Lipinski definition) is 3. The van der Waals surface area contributed by atoms with Gasteiger partial charge in [0.2, 0.25) is 0 Å². The molecule has 0 nitrogen and oxygen atoms in total. The molecule has 0 atom stereocenters. The molecule has 0 spiro atoms. The molecule has 0 bridgehead atoms. The first-order valence-electron chi connectivity index (χ1n) is 2.41. The molecule has 0 N–H and O–H groups in total. The van der Waals surface area contributed by atoms with Crippen LogP contribution in [0.5, 0.6) is 0 Å². The Hall–Kier alpha value is 0.270. The summed E-state index contributed by atoms with van der Waals surface area (Å²) in [5.74, 6) is 0. The molecule has 48 valence electrons. The zero-order valence-corrected chi connectivity index (χ0v) is 7.26. The van der Waals surface area contributed by atoms with E-state index >= 15 is 0 Å². The molecule has 0 fully saturated rings. The number of hydrogen-bond donors (Lipinski definition) is 3. The summed E-state index contributed by atoms with van der Waals surface area (Å²) in [6.07, 6.45) is 0. The van der Waals surface area contributed by atoms with Crippen LogP contribution in [0.25, 0.3) is 0 Å². The van der Waals surface area contributed by atoms with E-state index in [-0.39, 0.29) is 0 Å². The number of thiol groups is 3. The fraction of sp³-hybridized carbons (Fsp3) is 0. The Balaban J connectivity index is 3.17. The molecule has 0 radical (unpaired) electrons. The van der Waals surface area contributed by atoms with Crippen LogP contribution in [0.2, 0.25) is 0 Å². The summed E-state index contributed by atoms with van der Waals surface area (Å²) in [7, 11) is 0. The highest BCUT2D eigenvalue weighted by Gasteiger charge is 1.91. The molecule has 0 amide bonds. The topological polar surface area (TPSA) is 0 Å². The van der Waals surface area contributed by atoms with Crippen molar-refractivity contribution in [2.24, 2.45) is 0 Å². The lowest BCUT2D eigenvalue weighted by Crippen LogP contribution is -1.69. The van der Waals surface area contributed by atoms with Crippen molar-refractivity contribution in [3.63, 3.8) is 0 Å². The highest BCUT2D eigenvalue weighted by molar-refractivity contribution is 7.83. The maximum absolute atomic E-state index is 4.14. The van der Waals surface area contributed by atoms with Gasteiger partial charge in [-0.15, -0.1) is 37.9 Å². The molecule has 1 rings (SSSR count). The van der Waals surface area contributed by atoms with Crippen LogP contribution >= 0.6 is 37.9 Å². The normalized spacial score (nSPS) is 9.67. The smallest absolute Gasteiger partial charge is 0.0185 e. The third kappa shape index (κ3) is 1.85. The first-order chi connectivity index (χ1) is 4.20. The Morgan fingerprint density at radius 3 is 2.00 bits per heavy atom. The zero-order valence-electron chi connectivity index (χ0n) is 4.57. The number of rotatable bonds is 0. The lowest BCUT2D eigenvalue weighted by atomic mass is 10.4. The molecule has 0 unspecified atom stereocenters. The highest BCUT2D eigenvalue weighted by Crippen LogP contribution is 2.20. The lowest BCUT2D eigenvalue weighted by Gasteiger charge is -1.96. The molecule has 9 heavy (non-hydrogen) atoms. The van der Waals surface area contributed by atoms with E-state index in [1.54, 1.807) is 0 Å². The average Bonchev–Trinajstić information content (AvgIpc) is 1.80. The summed E-state index contributed by atoms with van der Waals surface area (Å²) in [6.45, 7) is 0. The SMILES string of the molecule is Sc1ccc(S)c(S)c1. The summed E-state index contributed by atoms with van der Waals surface area (Å²) in [5.41, 5.74) is 0. The molecular formula is C6H6S3. The third-order valence-corrected chi connectivity index (χ3v) is 2.17. The molecule has 0 saturated carbocycles. The van der Waals surface area contributed by atoms with E-state index in [0.29, 0.717) is 0 Å². The van der Waals surface area contributed by atoms with Gasteiger partial charge in [0.25, 0.3) is 0 Å². The second kappa shape index (κ2) is 2.90. The lowest BCUT2D eigenvalue weighted by molar-refractivity contribution is 1.21. The van der Waals surface area contributed by atoms with Crippen LogP contribution in [-0.4, -0.2) is 0 Å². The zero-order chi connectivity index (χ0) is 6.85. The van der Waals surface area contributed by atoms with Crippen molar-refractivity contribution in [2.45, 2.75) is 14.7 Å². The molecule has 3 heteroatoms. The van der Waals surface area contributed by atoms with E-state index in [2.05, 4.69) is 37.9 Å². The molecule has 1 aromatic rings. The van der Waals surface area contributed by atoms with Gasteiger partial charge in [0.05, 0.1) is 0 Å². The first kappa shape index (κ1) is 7.38. The molecule has 0 heterocycles. The molecular weight excluding hydrogens is 168 g/mol. The standard InChI is InChI=1S/C6H6S3/c7-4-1-2-5(8)6(9)3-4/h1-3,7-9H. The van der Waals surface area contributed by atoms with E-state index in [0.717, 1.165) is 14.7 Å². The van der Waals surface area contributed by atoms with Gasteiger partial charge in [0, 0.05) is 14.7 Å². The van der Waals surface area contributed by atoms with Gasteiger partial charge in [-0.1, -0.05) is 0 Å². The Bertz CT molecular complexity index is 220. The Morgan fingerprint density at radius 2 is 1.56 bits per heavy atom. The quantitative estimate of drug-likeness (QED) is 0.495. The van der Waals surface area contributed by atoms with E-state index < -0.39 is 0 Å². The Labute approximate surface area is 70.9 Å². The third-order valence-electron chi connectivity index (χ3n) is 0.959. The Kier molecular flexibility index (Phi) is 2.38. The van der Waals surface area contributed by atoms with Gasteiger partial charge >= 0.3 is 0 Å². The van der Waals surface area contributed by atoms with Crippen LogP contribution in [0.1, 0.15) is 0 Å². The molecule has 0 aliphatic heterocycles. The second-order valence-corrected chi connectivity index (χ2v) is 3.15. The van der Waals surface area contributed by atoms with Crippen molar-refractivity contribution < 1.29 is 0 Å². The summed E-state index contributed by atoms with van der Waals surface area (Å²) >= 11 is 12.4. The van der Waals surface area contributed by atoms with Gasteiger partial charge in [0.1, 0.15) is 0 Å². The van der Waals surface area contributed by atoms with Gasteiger partial charge in [-0.2, -0.15) is 0 Å². The fourth-order valence-corrected chi connectivity index (χ4v) is 1.17. The van der Waals surface area contributed by atoms with Crippen molar-refractivity contribution in [1.29, 1.82) is 0 Å². The van der Waals surface area contributed by atoms with Crippen LogP contribution in [0, 0.1) is 0 Å². The Morgan fingerprint density at radius 1 is 0.889 bits per heavy atom. The van der Waals surface area contributed by atoms with Gasteiger partial charge in [-0.25, -0.2) is 0 Å². The average molecular weight is 174 g/mol. The molecule has 0 saturated heterocycles. The number of benzene rings is 1. The second-order valence-electron chi connectivity index (χ2n) is 1.67. The monoisotopic (exact) mass is 174 g/mol. The molecule has 0 aliphatic rings. The van der Waals surface area contributed by atoms with Gasteiger partial charge in [0.15, 0.2) is 0 Å². The van der Waals surface area contributed by atoms with Crippen LogP contribution < -0.4 is 0 Å². The van der Waals surface area contributed by atoms with Crippen molar-refractivity contribution in [1.82, 2.24) is 0 Å².